The number of hydrogen-bond donors (Lipinski definition) is 2. The molecule has 1 aliphatic heterocycles. The number of allylic oxidation sites excluding steroid dienone is 1. The van der Waals surface area contributed by atoms with E-state index in [1.165, 1.54) is 0 Å². The molecule has 140 valence electrons. The molecule has 2 aromatic rings. The first-order valence-electron chi connectivity index (χ1n) is 9.92. The van der Waals surface area contributed by atoms with Crippen LogP contribution >= 0.6 is 0 Å². The molecule has 1 saturated heterocycles. The van der Waals surface area contributed by atoms with Crippen molar-refractivity contribution in [2.75, 3.05) is 19.6 Å². The van der Waals surface area contributed by atoms with Crippen LogP contribution in [0.2, 0.25) is 0 Å². The molecule has 1 heterocycles. The highest BCUT2D eigenvalue weighted by Gasteiger charge is 2.24. The Morgan fingerprint density at radius 2 is 1.85 bits per heavy atom. The number of Topliss-reactive ketones (excluding diaryl/α,β-unsaturated/α-hetero) is 1. The van der Waals surface area contributed by atoms with Crippen molar-refractivity contribution in [2.24, 2.45) is 5.92 Å². The second-order valence-corrected chi connectivity index (χ2v) is 7.60. The number of piperidine rings is 1. The molecule has 1 aliphatic carbocycles. The minimum Gasteiger partial charge on any atom is -0.349 e. The summed E-state index contributed by atoms with van der Waals surface area (Å²) in [6.45, 7) is 2.19. The van der Waals surface area contributed by atoms with Crippen LogP contribution < -0.4 is 10.6 Å². The highest BCUT2D eigenvalue weighted by molar-refractivity contribution is 6.02. The van der Waals surface area contributed by atoms with Crippen molar-refractivity contribution in [3.05, 3.63) is 53.6 Å². The largest absolute Gasteiger partial charge is 0.349 e. The summed E-state index contributed by atoms with van der Waals surface area (Å²) in [5, 5.41) is 8.48. The Kier molecular flexibility index (Phi) is 5.35. The third kappa shape index (κ3) is 3.96. The van der Waals surface area contributed by atoms with Crippen molar-refractivity contribution in [2.45, 2.75) is 31.6 Å². The van der Waals surface area contributed by atoms with Crippen LogP contribution in [0.3, 0.4) is 0 Å². The Morgan fingerprint density at radius 3 is 2.67 bits per heavy atom. The summed E-state index contributed by atoms with van der Waals surface area (Å²) in [6.07, 6.45) is 7.69. The highest BCUT2D eigenvalue weighted by atomic mass is 16.2. The fraction of sp³-hybridized carbons (Fsp3) is 0.391. The van der Waals surface area contributed by atoms with Crippen LogP contribution in [0.5, 0.6) is 0 Å². The van der Waals surface area contributed by atoms with E-state index in [0.717, 1.165) is 54.3 Å². The molecule has 4 heteroatoms. The summed E-state index contributed by atoms with van der Waals surface area (Å²) in [4.78, 5) is 24.9. The SMILES string of the molecule is O=C(CCC1CCNCC1)NCC(=O)C1C=Cc2cccc3cccc1c23. The molecule has 2 aromatic carbocycles. The van der Waals surface area contributed by atoms with Crippen molar-refractivity contribution < 1.29 is 9.59 Å². The van der Waals surface area contributed by atoms with E-state index in [1.54, 1.807) is 0 Å². The monoisotopic (exact) mass is 362 g/mol. The number of rotatable bonds is 6. The van der Waals surface area contributed by atoms with Gasteiger partial charge < -0.3 is 10.6 Å². The molecule has 1 atom stereocenters. The number of nitrogens with one attached hydrogen (secondary N) is 2. The lowest BCUT2D eigenvalue weighted by Crippen LogP contribution is -2.33. The van der Waals surface area contributed by atoms with E-state index in [9.17, 15) is 9.59 Å². The van der Waals surface area contributed by atoms with Gasteiger partial charge >= 0.3 is 0 Å². The van der Waals surface area contributed by atoms with Crippen LogP contribution in [0.15, 0.2) is 42.5 Å². The summed E-state index contributed by atoms with van der Waals surface area (Å²) in [7, 11) is 0. The van der Waals surface area contributed by atoms with Gasteiger partial charge in [0.2, 0.25) is 5.91 Å². The topological polar surface area (TPSA) is 58.2 Å². The number of hydrogen-bond acceptors (Lipinski definition) is 3. The molecule has 1 unspecified atom stereocenters. The molecule has 4 nitrogen and oxygen atoms in total. The maximum atomic E-state index is 12.8. The summed E-state index contributed by atoms with van der Waals surface area (Å²) < 4.78 is 0. The van der Waals surface area contributed by atoms with E-state index < -0.39 is 0 Å². The van der Waals surface area contributed by atoms with Crippen molar-refractivity contribution >= 4 is 28.5 Å². The smallest absolute Gasteiger partial charge is 0.220 e. The van der Waals surface area contributed by atoms with E-state index >= 15 is 0 Å². The van der Waals surface area contributed by atoms with Crippen LogP contribution in [0.25, 0.3) is 16.8 Å². The predicted molar refractivity (Wildman–Crippen MR) is 109 cm³/mol. The third-order valence-electron chi connectivity index (χ3n) is 5.82. The van der Waals surface area contributed by atoms with Gasteiger partial charge in [0.15, 0.2) is 5.78 Å². The molecule has 0 aromatic heterocycles. The molecular weight excluding hydrogens is 336 g/mol. The second-order valence-electron chi connectivity index (χ2n) is 7.60. The van der Waals surface area contributed by atoms with Gasteiger partial charge in [0.05, 0.1) is 12.5 Å². The Morgan fingerprint density at radius 1 is 1.07 bits per heavy atom. The molecule has 2 aliphatic rings. The minimum atomic E-state index is -0.284. The van der Waals surface area contributed by atoms with E-state index in [2.05, 4.69) is 28.8 Å². The van der Waals surface area contributed by atoms with Crippen molar-refractivity contribution in [1.82, 2.24) is 10.6 Å². The fourth-order valence-electron chi connectivity index (χ4n) is 4.27. The average molecular weight is 362 g/mol. The van der Waals surface area contributed by atoms with Crippen LogP contribution in [-0.4, -0.2) is 31.3 Å². The van der Waals surface area contributed by atoms with Gasteiger partial charge in [-0.2, -0.15) is 0 Å². The molecule has 0 spiro atoms. The Hall–Kier alpha value is -2.46. The lowest BCUT2D eigenvalue weighted by molar-refractivity contribution is -0.125. The van der Waals surface area contributed by atoms with Gasteiger partial charge in [0.1, 0.15) is 0 Å². The average Bonchev–Trinajstić information content (AvgIpc) is 2.72. The lowest BCUT2D eigenvalue weighted by atomic mass is 9.84. The van der Waals surface area contributed by atoms with Crippen molar-refractivity contribution in [3.63, 3.8) is 0 Å². The number of carbonyl (C=O) groups is 2. The second kappa shape index (κ2) is 8.05. The molecule has 2 N–H and O–H groups in total. The zero-order valence-electron chi connectivity index (χ0n) is 15.5. The number of amides is 1. The minimum absolute atomic E-state index is 0.0136. The third-order valence-corrected chi connectivity index (χ3v) is 5.82. The van der Waals surface area contributed by atoms with Crippen LogP contribution in [0, 0.1) is 5.92 Å². The van der Waals surface area contributed by atoms with Gasteiger partial charge in [-0.05, 0) is 60.2 Å². The quantitative estimate of drug-likeness (QED) is 0.828. The number of carbonyl (C=O) groups excluding carboxylic acids is 2. The predicted octanol–water partition coefficient (Wildman–Crippen LogP) is 3.42. The first kappa shape index (κ1) is 17.9. The van der Waals surface area contributed by atoms with Gasteiger partial charge in [0, 0.05) is 6.42 Å². The van der Waals surface area contributed by atoms with Gasteiger partial charge in [-0.15, -0.1) is 0 Å². The van der Waals surface area contributed by atoms with Gasteiger partial charge in [0.25, 0.3) is 0 Å². The zero-order chi connectivity index (χ0) is 18.6. The maximum Gasteiger partial charge on any atom is 0.220 e. The molecule has 0 bridgehead atoms. The number of ketones is 1. The fourth-order valence-corrected chi connectivity index (χ4v) is 4.27. The maximum absolute atomic E-state index is 12.8. The van der Waals surface area contributed by atoms with Crippen LogP contribution in [-0.2, 0) is 9.59 Å². The first-order chi connectivity index (χ1) is 13.2. The molecule has 27 heavy (non-hydrogen) atoms. The molecule has 0 radical (unpaired) electrons. The van der Waals surface area contributed by atoms with Crippen molar-refractivity contribution in [3.8, 4) is 0 Å². The van der Waals surface area contributed by atoms with E-state index in [4.69, 9.17) is 0 Å². The summed E-state index contributed by atoms with van der Waals surface area (Å²) in [5.41, 5.74) is 2.19. The standard InChI is InChI=1S/C23H26N2O2/c26-21(15-25-22(27)10-7-16-11-13-24-14-12-16)19-9-8-18-4-1-3-17-5-2-6-20(19)23(17)18/h1-6,8-9,16,19,24H,7,10-15H2,(H,25,27). The van der Waals surface area contributed by atoms with E-state index in [0.29, 0.717) is 12.3 Å². The summed E-state index contributed by atoms with van der Waals surface area (Å²) in [5.74, 6) is 0.375. The summed E-state index contributed by atoms with van der Waals surface area (Å²) in [6, 6.07) is 12.3. The Bertz CT molecular complexity index is 876. The molecule has 1 fully saturated rings. The van der Waals surface area contributed by atoms with Crippen molar-refractivity contribution in [1.29, 1.82) is 0 Å². The number of benzene rings is 2. The highest BCUT2D eigenvalue weighted by Crippen LogP contribution is 2.35. The van der Waals surface area contributed by atoms with Crippen LogP contribution in [0.1, 0.15) is 42.7 Å². The van der Waals surface area contributed by atoms with E-state index in [1.807, 2.05) is 30.4 Å². The Labute approximate surface area is 160 Å². The Balaban J connectivity index is 1.36. The molecule has 1 amide bonds. The van der Waals surface area contributed by atoms with Gasteiger partial charge in [-0.3, -0.25) is 9.59 Å². The molecule has 0 saturated carbocycles. The normalized spacial score (nSPS) is 19.2. The first-order valence-corrected chi connectivity index (χ1v) is 9.92. The zero-order valence-corrected chi connectivity index (χ0v) is 15.5. The molecule has 4 rings (SSSR count). The van der Waals surface area contributed by atoms with Gasteiger partial charge in [-0.25, -0.2) is 0 Å². The van der Waals surface area contributed by atoms with Crippen LogP contribution in [0.4, 0.5) is 0 Å². The lowest BCUT2D eigenvalue weighted by Gasteiger charge is -2.22. The molecular formula is C23H26N2O2. The van der Waals surface area contributed by atoms with E-state index in [-0.39, 0.29) is 24.2 Å². The summed E-state index contributed by atoms with van der Waals surface area (Å²) >= 11 is 0. The van der Waals surface area contributed by atoms with Gasteiger partial charge in [-0.1, -0.05) is 48.6 Å².